The molecule has 4 heteroatoms. The number of hydrogen-bond donors (Lipinski definition) is 1. The van der Waals surface area contributed by atoms with Gasteiger partial charge in [0, 0.05) is 18.2 Å². The van der Waals surface area contributed by atoms with Crippen LogP contribution in [0.15, 0.2) is 24.4 Å². The summed E-state index contributed by atoms with van der Waals surface area (Å²) in [5, 5.41) is 3.48. The molecule has 3 aliphatic rings. The largest absolute Gasteiger partial charge is 0.334 e. The van der Waals surface area contributed by atoms with E-state index in [1.165, 1.54) is 25.7 Å². The fourth-order valence-electron chi connectivity index (χ4n) is 4.92. The lowest BCUT2D eigenvalue weighted by molar-refractivity contribution is -0.136. The van der Waals surface area contributed by atoms with E-state index in [4.69, 9.17) is 0 Å². The average molecular weight is 327 g/mol. The fourth-order valence-corrected chi connectivity index (χ4v) is 4.92. The molecule has 2 heterocycles. The van der Waals surface area contributed by atoms with Crippen LogP contribution in [0.4, 0.5) is 0 Å². The minimum Gasteiger partial charge on any atom is -0.334 e. The molecule has 2 saturated carbocycles. The van der Waals surface area contributed by atoms with Gasteiger partial charge < -0.3 is 10.2 Å². The first kappa shape index (κ1) is 16.1. The molecule has 0 bridgehead atoms. The number of nitrogens with zero attached hydrogens (tertiary/aromatic N) is 2. The van der Waals surface area contributed by atoms with Crippen molar-refractivity contribution in [3.8, 4) is 0 Å². The average Bonchev–Trinajstić information content (AvgIpc) is 3.40. The molecule has 3 unspecified atom stereocenters. The molecular weight excluding hydrogens is 298 g/mol. The van der Waals surface area contributed by atoms with Crippen molar-refractivity contribution in [1.29, 1.82) is 0 Å². The summed E-state index contributed by atoms with van der Waals surface area (Å²) in [5.41, 5.74) is 1.02. The lowest BCUT2D eigenvalue weighted by Gasteiger charge is -2.31. The first-order chi connectivity index (χ1) is 11.8. The summed E-state index contributed by atoms with van der Waals surface area (Å²) in [6.07, 6.45) is 10.4. The number of carbonyl (C=O) groups excluding carboxylic acids is 1. The molecule has 0 radical (unpaired) electrons. The van der Waals surface area contributed by atoms with Gasteiger partial charge in [-0.1, -0.05) is 18.9 Å². The van der Waals surface area contributed by atoms with Gasteiger partial charge in [0.2, 0.25) is 5.91 Å². The summed E-state index contributed by atoms with van der Waals surface area (Å²) in [6, 6.07) is 6.39. The van der Waals surface area contributed by atoms with Crippen LogP contribution in [0.5, 0.6) is 0 Å². The van der Waals surface area contributed by atoms with E-state index >= 15 is 0 Å². The molecule has 0 aromatic carbocycles. The highest BCUT2D eigenvalue weighted by Gasteiger charge is 2.56. The van der Waals surface area contributed by atoms with Gasteiger partial charge in [-0.15, -0.1) is 0 Å². The van der Waals surface area contributed by atoms with E-state index in [2.05, 4.69) is 21.3 Å². The second kappa shape index (κ2) is 7.22. The Hall–Kier alpha value is -1.42. The van der Waals surface area contributed by atoms with Crippen molar-refractivity contribution >= 4 is 5.91 Å². The first-order valence-electron chi connectivity index (χ1n) is 9.75. The topological polar surface area (TPSA) is 45.2 Å². The van der Waals surface area contributed by atoms with Gasteiger partial charge >= 0.3 is 0 Å². The van der Waals surface area contributed by atoms with Gasteiger partial charge in [0.25, 0.3) is 0 Å². The Morgan fingerprint density at radius 3 is 2.67 bits per heavy atom. The predicted molar refractivity (Wildman–Crippen MR) is 94.2 cm³/mol. The van der Waals surface area contributed by atoms with Crippen LogP contribution in [0, 0.1) is 17.8 Å². The number of hydrogen-bond acceptors (Lipinski definition) is 3. The second-order valence-corrected chi connectivity index (χ2v) is 7.76. The molecule has 1 aliphatic heterocycles. The summed E-state index contributed by atoms with van der Waals surface area (Å²) < 4.78 is 0. The smallest absolute Gasteiger partial charge is 0.226 e. The zero-order valence-electron chi connectivity index (χ0n) is 14.5. The van der Waals surface area contributed by atoms with Crippen molar-refractivity contribution < 1.29 is 4.79 Å². The van der Waals surface area contributed by atoms with Crippen LogP contribution < -0.4 is 5.32 Å². The SMILES string of the molecule is O=C(C1C2CCCCC21)N(Cc1ccccn1)C1CCCNCC1. The van der Waals surface area contributed by atoms with Crippen LogP contribution in [-0.4, -0.2) is 34.9 Å². The number of fused-ring (bicyclic) bond motifs is 1. The Balaban J connectivity index is 1.51. The monoisotopic (exact) mass is 327 g/mol. The number of pyridine rings is 1. The number of aromatic nitrogens is 1. The van der Waals surface area contributed by atoms with Gasteiger partial charge in [-0.3, -0.25) is 9.78 Å². The normalized spacial score (nSPS) is 32.5. The Morgan fingerprint density at radius 1 is 1.08 bits per heavy atom. The molecule has 3 fully saturated rings. The van der Waals surface area contributed by atoms with E-state index in [9.17, 15) is 4.79 Å². The van der Waals surface area contributed by atoms with Gasteiger partial charge in [-0.25, -0.2) is 0 Å². The second-order valence-electron chi connectivity index (χ2n) is 7.76. The van der Waals surface area contributed by atoms with Crippen molar-refractivity contribution in [2.45, 2.75) is 57.5 Å². The maximum Gasteiger partial charge on any atom is 0.226 e. The van der Waals surface area contributed by atoms with Gasteiger partial charge in [-0.05, 0) is 69.2 Å². The van der Waals surface area contributed by atoms with E-state index in [0.29, 0.717) is 36.2 Å². The van der Waals surface area contributed by atoms with Crippen LogP contribution in [0.2, 0.25) is 0 Å². The molecule has 0 spiro atoms. The molecular formula is C20H29N3O. The maximum atomic E-state index is 13.4. The highest BCUT2D eigenvalue weighted by Crippen LogP contribution is 2.56. The van der Waals surface area contributed by atoms with Crippen molar-refractivity contribution in [3.05, 3.63) is 30.1 Å². The summed E-state index contributed by atoms with van der Waals surface area (Å²) in [4.78, 5) is 20.0. The number of carbonyl (C=O) groups is 1. The van der Waals surface area contributed by atoms with Crippen LogP contribution in [0.3, 0.4) is 0 Å². The van der Waals surface area contributed by atoms with Gasteiger partial charge in [0.1, 0.15) is 0 Å². The number of amides is 1. The predicted octanol–water partition coefficient (Wildman–Crippen LogP) is 2.99. The molecule has 2 aliphatic carbocycles. The highest BCUT2D eigenvalue weighted by atomic mass is 16.2. The minimum atomic E-state index is 0.312. The molecule has 1 amide bonds. The summed E-state index contributed by atoms with van der Waals surface area (Å²) in [5.74, 6) is 2.10. The van der Waals surface area contributed by atoms with Crippen molar-refractivity contribution in [3.63, 3.8) is 0 Å². The van der Waals surface area contributed by atoms with Crippen LogP contribution >= 0.6 is 0 Å². The summed E-state index contributed by atoms with van der Waals surface area (Å²) in [6.45, 7) is 2.78. The Morgan fingerprint density at radius 2 is 1.92 bits per heavy atom. The van der Waals surface area contributed by atoms with E-state index in [1.807, 2.05) is 18.3 Å². The lowest BCUT2D eigenvalue weighted by atomic mass is 10.0. The Kier molecular flexibility index (Phi) is 4.83. The molecule has 4 rings (SSSR count). The molecule has 1 N–H and O–H groups in total. The van der Waals surface area contributed by atoms with E-state index in [0.717, 1.165) is 38.0 Å². The minimum absolute atomic E-state index is 0.312. The van der Waals surface area contributed by atoms with Crippen molar-refractivity contribution in [2.75, 3.05) is 13.1 Å². The molecule has 24 heavy (non-hydrogen) atoms. The first-order valence-corrected chi connectivity index (χ1v) is 9.75. The molecule has 1 aromatic rings. The zero-order valence-corrected chi connectivity index (χ0v) is 14.5. The molecule has 3 atom stereocenters. The van der Waals surface area contributed by atoms with Gasteiger partial charge in [0.05, 0.1) is 12.2 Å². The quantitative estimate of drug-likeness (QED) is 0.925. The molecule has 130 valence electrons. The highest BCUT2D eigenvalue weighted by molar-refractivity contribution is 5.82. The van der Waals surface area contributed by atoms with Gasteiger partial charge in [0.15, 0.2) is 0 Å². The third-order valence-electron chi connectivity index (χ3n) is 6.27. The molecule has 1 saturated heterocycles. The Bertz CT molecular complexity index is 541. The van der Waals surface area contributed by atoms with E-state index in [1.54, 1.807) is 0 Å². The number of rotatable bonds is 4. The maximum absolute atomic E-state index is 13.4. The molecule has 4 nitrogen and oxygen atoms in total. The Labute approximate surface area is 145 Å². The third-order valence-corrected chi connectivity index (χ3v) is 6.27. The van der Waals surface area contributed by atoms with Crippen LogP contribution in [0.1, 0.15) is 50.6 Å². The van der Waals surface area contributed by atoms with Crippen molar-refractivity contribution in [1.82, 2.24) is 15.2 Å². The standard InChI is InChI=1S/C20H29N3O/c24-20(19-17-8-1-2-9-18(17)19)23(14-15-6-3-4-12-22-15)16-7-5-11-21-13-10-16/h3-4,6,12,16-19,21H,1-2,5,7-11,13-14H2. The summed E-state index contributed by atoms with van der Waals surface area (Å²) >= 11 is 0. The fraction of sp³-hybridized carbons (Fsp3) is 0.700. The van der Waals surface area contributed by atoms with E-state index < -0.39 is 0 Å². The van der Waals surface area contributed by atoms with Crippen LogP contribution in [-0.2, 0) is 11.3 Å². The van der Waals surface area contributed by atoms with Crippen molar-refractivity contribution in [2.24, 2.45) is 17.8 Å². The summed E-state index contributed by atoms with van der Waals surface area (Å²) in [7, 11) is 0. The van der Waals surface area contributed by atoms with Gasteiger partial charge in [-0.2, -0.15) is 0 Å². The molecule has 1 aromatic heterocycles. The zero-order chi connectivity index (χ0) is 16.4. The lowest BCUT2D eigenvalue weighted by Crippen LogP contribution is -2.42. The van der Waals surface area contributed by atoms with E-state index in [-0.39, 0.29) is 0 Å². The third kappa shape index (κ3) is 3.34. The number of nitrogens with one attached hydrogen (secondary N) is 1. The van der Waals surface area contributed by atoms with Crippen LogP contribution in [0.25, 0.3) is 0 Å².